The Bertz CT molecular complexity index is 379. The molecule has 0 aromatic heterocycles. The van der Waals surface area contributed by atoms with Gasteiger partial charge in [-0.2, -0.15) is 0 Å². The Balaban J connectivity index is 2.35. The molecule has 3 heteroatoms. The molecule has 0 radical (unpaired) electrons. The van der Waals surface area contributed by atoms with Crippen LogP contribution in [0.5, 0.6) is 11.5 Å². The second-order valence-corrected chi connectivity index (χ2v) is 5.24. The Morgan fingerprint density at radius 2 is 1.57 bits per heavy atom. The SMILES string of the molecule is CCCCCCCNCc1ccc(OCC)c(OCC)c1. The monoisotopic (exact) mass is 293 g/mol. The summed E-state index contributed by atoms with van der Waals surface area (Å²) in [5.74, 6) is 1.68. The zero-order valence-electron chi connectivity index (χ0n) is 13.9. The number of hydrogen-bond acceptors (Lipinski definition) is 3. The summed E-state index contributed by atoms with van der Waals surface area (Å²) in [4.78, 5) is 0. The van der Waals surface area contributed by atoms with E-state index in [1.807, 2.05) is 19.9 Å². The lowest BCUT2D eigenvalue weighted by atomic mass is 10.1. The average Bonchev–Trinajstić information content (AvgIpc) is 2.49. The minimum Gasteiger partial charge on any atom is -0.490 e. The molecule has 1 rings (SSSR count). The molecule has 0 spiro atoms. The molecular weight excluding hydrogens is 262 g/mol. The van der Waals surface area contributed by atoms with Crippen LogP contribution in [0.15, 0.2) is 18.2 Å². The van der Waals surface area contributed by atoms with E-state index in [1.54, 1.807) is 0 Å². The van der Waals surface area contributed by atoms with Crippen LogP contribution in [0.25, 0.3) is 0 Å². The lowest BCUT2D eigenvalue weighted by Crippen LogP contribution is -2.14. The highest BCUT2D eigenvalue weighted by molar-refractivity contribution is 5.43. The number of hydrogen-bond donors (Lipinski definition) is 1. The highest BCUT2D eigenvalue weighted by Crippen LogP contribution is 2.28. The average molecular weight is 293 g/mol. The zero-order valence-corrected chi connectivity index (χ0v) is 13.9. The summed E-state index contributed by atoms with van der Waals surface area (Å²) in [5, 5.41) is 3.50. The van der Waals surface area contributed by atoms with Crippen LogP contribution in [0.1, 0.15) is 58.4 Å². The predicted molar refractivity (Wildman–Crippen MR) is 89.2 cm³/mol. The van der Waals surface area contributed by atoms with Crippen LogP contribution in [0.2, 0.25) is 0 Å². The van der Waals surface area contributed by atoms with Gasteiger partial charge in [-0.1, -0.05) is 38.7 Å². The van der Waals surface area contributed by atoms with Crippen LogP contribution < -0.4 is 14.8 Å². The predicted octanol–water partition coefficient (Wildman–Crippen LogP) is 4.54. The second kappa shape index (κ2) is 11.4. The van der Waals surface area contributed by atoms with Crippen molar-refractivity contribution in [2.24, 2.45) is 0 Å². The molecule has 0 heterocycles. The summed E-state index contributed by atoms with van der Waals surface area (Å²) in [6.07, 6.45) is 6.61. The summed E-state index contributed by atoms with van der Waals surface area (Å²) in [5.41, 5.74) is 1.25. The molecule has 1 aromatic carbocycles. The van der Waals surface area contributed by atoms with Crippen molar-refractivity contribution in [1.82, 2.24) is 5.32 Å². The lowest BCUT2D eigenvalue weighted by molar-refractivity contribution is 0.287. The van der Waals surface area contributed by atoms with Gasteiger partial charge in [0.05, 0.1) is 13.2 Å². The zero-order chi connectivity index (χ0) is 15.3. The summed E-state index contributed by atoms with van der Waals surface area (Å²) in [6.45, 7) is 9.53. The first-order valence-corrected chi connectivity index (χ1v) is 8.41. The van der Waals surface area contributed by atoms with E-state index >= 15 is 0 Å². The molecule has 0 aliphatic carbocycles. The van der Waals surface area contributed by atoms with Crippen LogP contribution in [0.4, 0.5) is 0 Å². The fraction of sp³-hybridized carbons (Fsp3) is 0.667. The van der Waals surface area contributed by atoms with E-state index in [4.69, 9.17) is 9.47 Å². The van der Waals surface area contributed by atoms with Crippen molar-refractivity contribution in [1.29, 1.82) is 0 Å². The van der Waals surface area contributed by atoms with Gasteiger partial charge >= 0.3 is 0 Å². The Hall–Kier alpha value is -1.22. The molecule has 21 heavy (non-hydrogen) atoms. The summed E-state index contributed by atoms with van der Waals surface area (Å²) < 4.78 is 11.2. The molecule has 0 saturated heterocycles. The van der Waals surface area contributed by atoms with E-state index in [0.29, 0.717) is 13.2 Å². The maximum absolute atomic E-state index is 5.65. The van der Waals surface area contributed by atoms with Crippen LogP contribution in [0.3, 0.4) is 0 Å². The number of rotatable bonds is 12. The molecule has 0 atom stereocenters. The molecule has 0 bridgehead atoms. The van der Waals surface area contributed by atoms with E-state index in [1.165, 1.54) is 37.7 Å². The normalized spacial score (nSPS) is 10.6. The maximum Gasteiger partial charge on any atom is 0.161 e. The van der Waals surface area contributed by atoms with Gasteiger partial charge in [-0.25, -0.2) is 0 Å². The first-order chi connectivity index (χ1) is 10.3. The van der Waals surface area contributed by atoms with Gasteiger partial charge in [0, 0.05) is 6.54 Å². The lowest BCUT2D eigenvalue weighted by Gasteiger charge is -2.12. The van der Waals surface area contributed by atoms with E-state index < -0.39 is 0 Å². The first-order valence-electron chi connectivity index (χ1n) is 8.41. The number of nitrogens with one attached hydrogen (secondary N) is 1. The molecule has 120 valence electrons. The Kier molecular flexibility index (Phi) is 9.71. The molecule has 0 saturated carbocycles. The van der Waals surface area contributed by atoms with Crippen molar-refractivity contribution >= 4 is 0 Å². The molecule has 0 fully saturated rings. The van der Waals surface area contributed by atoms with Gasteiger partial charge in [-0.05, 0) is 44.5 Å². The van der Waals surface area contributed by atoms with Crippen molar-refractivity contribution in [3.05, 3.63) is 23.8 Å². The van der Waals surface area contributed by atoms with Crippen LogP contribution in [-0.2, 0) is 6.54 Å². The van der Waals surface area contributed by atoms with Crippen molar-refractivity contribution < 1.29 is 9.47 Å². The maximum atomic E-state index is 5.65. The Morgan fingerprint density at radius 1 is 0.857 bits per heavy atom. The fourth-order valence-corrected chi connectivity index (χ4v) is 2.29. The molecule has 0 aliphatic heterocycles. The van der Waals surface area contributed by atoms with Crippen molar-refractivity contribution in [2.75, 3.05) is 19.8 Å². The third-order valence-corrected chi connectivity index (χ3v) is 3.39. The van der Waals surface area contributed by atoms with Gasteiger partial charge in [0.25, 0.3) is 0 Å². The van der Waals surface area contributed by atoms with Gasteiger partial charge < -0.3 is 14.8 Å². The highest BCUT2D eigenvalue weighted by atomic mass is 16.5. The summed E-state index contributed by atoms with van der Waals surface area (Å²) in [7, 11) is 0. The highest BCUT2D eigenvalue weighted by Gasteiger charge is 2.05. The smallest absolute Gasteiger partial charge is 0.161 e. The van der Waals surface area contributed by atoms with Gasteiger partial charge in [0.2, 0.25) is 0 Å². The topological polar surface area (TPSA) is 30.5 Å². The molecule has 1 N–H and O–H groups in total. The fourth-order valence-electron chi connectivity index (χ4n) is 2.29. The van der Waals surface area contributed by atoms with Gasteiger partial charge in [-0.15, -0.1) is 0 Å². The minimum atomic E-state index is 0.661. The summed E-state index contributed by atoms with van der Waals surface area (Å²) in [6, 6.07) is 6.20. The minimum absolute atomic E-state index is 0.661. The van der Waals surface area contributed by atoms with E-state index in [2.05, 4.69) is 24.4 Å². The van der Waals surface area contributed by atoms with Gasteiger partial charge in [-0.3, -0.25) is 0 Å². The largest absolute Gasteiger partial charge is 0.490 e. The molecule has 0 amide bonds. The van der Waals surface area contributed by atoms with Crippen LogP contribution in [0, 0.1) is 0 Å². The Morgan fingerprint density at radius 3 is 2.29 bits per heavy atom. The van der Waals surface area contributed by atoms with Crippen LogP contribution >= 0.6 is 0 Å². The van der Waals surface area contributed by atoms with E-state index in [0.717, 1.165) is 24.6 Å². The molecule has 1 aromatic rings. The standard InChI is InChI=1S/C18H31NO2/c1-4-7-8-9-10-13-19-15-16-11-12-17(20-5-2)18(14-16)21-6-3/h11-12,14,19H,4-10,13,15H2,1-3H3. The van der Waals surface area contributed by atoms with Crippen molar-refractivity contribution in [3.63, 3.8) is 0 Å². The Labute approximate surface area is 130 Å². The third kappa shape index (κ3) is 7.37. The third-order valence-electron chi connectivity index (χ3n) is 3.39. The second-order valence-electron chi connectivity index (χ2n) is 5.24. The quantitative estimate of drug-likeness (QED) is 0.574. The van der Waals surface area contributed by atoms with E-state index in [-0.39, 0.29) is 0 Å². The first kappa shape index (κ1) is 17.8. The summed E-state index contributed by atoms with van der Waals surface area (Å²) >= 11 is 0. The van der Waals surface area contributed by atoms with Gasteiger partial charge in [0.15, 0.2) is 11.5 Å². The van der Waals surface area contributed by atoms with Crippen LogP contribution in [-0.4, -0.2) is 19.8 Å². The van der Waals surface area contributed by atoms with Crippen molar-refractivity contribution in [3.8, 4) is 11.5 Å². The molecular formula is C18H31NO2. The van der Waals surface area contributed by atoms with Gasteiger partial charge in [0.1, 0.15) is 0 Å². The molecule has 0 aliphatic rings. The number of benzene rings is 1. The van der Waals surface area contributed by atoms with E-state index in [9.17, 15) is 0 Å². The molecule has 0 unspecified atom stereocenters. The molecule has 3 nitrogen and oxygen atoms in total. The number of unbranched alkanes of at least 4 members (excludes halogenated alkanes) is 4. The number of ether oxygens (including phenoxy) is 2. The van der Waals surface area contributed by atoms with Crippen molar-refractivity contribution in [2.45, 2.75) is 59.4 Å².